The Hall–Kier alpha value is -1.09. The van der Waals surface area contributed by atoms with Crippen LogP contribution in [0.3, 0.4) is 0 Å². The zero-order valence-electron chi connectivity index (χ0n) is 15.8. The minimum absolute atomic E-state index is 0. The third kappa shape index (κ3) is 5.70. The van der Waals surface area contributed by atoms with Crippen molar-refractivity contribution in [1.29, 1.82) is 0 Å². The molecule has 0 unspecified atom stereocenters. The van der Waals surface area contributed by atoms with Crippen LogP contribution >= 0.6 is 35.3 Å². The maximum Gasteiger partial charge on any atom is 0.191 e. The fourth-order valence-corrected chi connectivity index (χ4v) is 3.67. The molecule has 0 aliphatic rings. The van der Waals surface area contributed by atoms with Crippen molar-refractivity contribution in [2.45, 2.75) is 53.6 Å². The van der Waals surface area contributed by atoms with Gasteiger partial charge in [0.1, 0.15) is 0 Å². The Morgan fingerprint density at radius 2 is 2.00 bits per heavy atom. The Morgan fingerprint density at radius 1 is 1.24 bits per heavy atom. The molecule has 0 aliphatic heterocycles. The van der Waals surface area contributed by atoms with Crippen LogP contribution in [0, 0.1) is 6.92 Å². The quantitative estimate of drug-likeness (QED) is 0.364. The van der Waals surface area contributed by atoms with E-state index in [0.717, 1.165) is 37.6 Å². The van der Waals surface area contributed by atoms with Crippen LogP contribution in [0.1, 0.15) is 48.2 Å². The standard InChI is InChI=1S/C18H29N5S.HI/c1-6-15-14(16(7-2)23(5)22-15)11-20-18(19-8-3)21-12-17-13(4)9-10-24-17;/h9-10H,6-8,11-12H2,1-5H3,(H2,19,20,21);1H. The highest BCUT2D eigenvalue weighted by Crippen LogP contribution is 2.17. The fourth-order valence-electron chi connectivity index (χ4n) is 2.82. The van der Waals surface area contributed by atoms with Crippen LogP contribution in [-0.2, 0) is 33.0 Å². The summed E-state index contributed by atoms with van der Waals surface area (Å²) in [7, 11) is 2.02. The van der Waals surface area contributed by atoms with Gasteiger partial charge in [-0.25, -0.2) is 4.99 Å². The Kier molecular flexibility index (Phi) is 9.48. The number of aryl methyl sites for hydroxylation is 3. The summed E-state index contributed by atoms with van der Waals surface area (Å²) in [6.07, 6.45) is 1.92. The van der Waals surface area contributed by atoms with E-state index < -0.39 is 0 Å². The van der Waals surface area contributed by atoms with Crippen LogP contribution in [0.4, 0.5) is 0 Å². The van der Waals surface area contributed by atoms with Crippen LogP contribution < -0.4 is 10.6 Å². The molecule has 0 aliphatic carbocycles. The Balaban J connectivity index is 0.00000312. The number of aliphatic imine (C=N–C) groups is 1. The number of rotatable bonds is 7. The Morgan fingerprint density at radius 3 is 2.56 bits per heavy atom. The second kappa shape index (κ2) is 10.8. The molecule has 0 radical (unpaired) electrons. The summed E-state index contributed by atoms with van der Waals surface area (Å²) in [6, 6.07) is 2.16. The number of thiophene rings is 1. The van der Waals surface area contributed by atoms with E-state index in [-0.39, 0.29) is 24.0 Å². The van der Waals surface area contributed by atoms with Gasteiger partial charge in [0, 0.05) is 29.7 Å². The molecule has 7 heteroatoms. The summed E-state index contributed by atoms with van der Waals surface area (Å²) in [6.45, 7) is 10.9. The van der Waals surface area contributed by atoms with Crippen molar-refractivity contribution in [3.05, 3.63) is 38.8 Å². The summed E-state index contributed by atoms with van der Waals surface area (Å²) < 4.78 is 2.00. The molecule has 0 aromatic carbocycles. The topological polar surface area (TPSA) is 54.2 Å². The van der Waals surface area contributed by atoms with Gasteiger partial charge in [-0.2, -0.15) is 5.10 Å². The molecule has 2 aromatic heterocycles. The highest BCUT2D eigenvalue weighted by atomic mass is 127. The van der Waals surface area contributed by atoms with Gasteiger partial charge in [0.25, 0.3) is 0 Å². The van der Waals surface area contributed by atoms with Crippen molar-refractivity contribution in [2.75, 3.05) is 6.54 Å². The summed E-state index contributed by atoms with van der Waals surface area (Å²) in [5, 5.41) is 13.5. The van der Waals surface area contributed by atoms with E-state index in [4.69, 9.17) is 4.99 Å². The second-order valence-corrected chi connectivity index (χ2v) is 6.78. The number of hydrogen-bond acceptors (Lipinski definition) is 3. The maximum atomic E-state index is 4.79. The van der Waals surface area contributed by atoms with Gasteiger partial charge < -0.3 is 10.6 Å². The first-order valence-corrected chi connectivity index (χ1v) is 9.57. The van der Waals surface area contributed by atoms with Gasteiger partial charge in [-0.1, -0.05) is 13.8 Å². The first-order valence-electron chi connectivity index (χ1n) is 8.69. The number of nitrogens with one attached hydrogen (secondary N) is 2. The van der Waals surface area contributed by atoms with E-state index in [2.05, 4.69) is 54.9 Å². The Bertz CT molecular complexity index is 690. The van der Waals surface area contributed by atoms with E-state index in [9.17, 15) is 0 Å². The third-order valence-electron chi connectivity index (χ3n) is 4.15. The van der Waals surface area contributed by atoms with Crippen molar-refractivity contribution in [1.82, 2.24) is 20.4 Å². The first-order chi connectivity index (χ1) is 11.6. The van der Waals surface area contributed by atoms with Crippen LogP contribution in [0.2, 0.25) is 0 Å². The van der Waals surface area contributed by atoms with Gasteiger partial charge in [-0.05, 0) is 43.7 Å². The molecule has 2 aromatic rings. The van der Waals surface area contributed by atoms with Crippen molar-refractivity contribution in [3.8, 4) is 0 Å². The van der Waals surface area contributed by atoms with Crippen molar-refractivity contribution < 1.29 is 0 Å². The lowest BCUT2D eigenvalue weighted by molar-refractivity contribution is 0.703. The number of nitrogens with zero attached hydrogens (tertiary/aromatic N) is 3. The van der Waals surface area contributed by atoms with E-state index in [0.29, 0.717) is 6.54 Å². The molecule has 5 nitrogen and oxygen atoms in total. The second-order valence-electron chi connectivity index (χ2n) is 5.78. The number of aromatic nitrogens is 2. The van der Waals surface area contributed by atoms with Gasteiger partial charge in [-0.15, -0.1) is 35.3 Å². The average Bonchev–Trinajstić information content (AvgIpc) is 3.12. The lowest BCUT2D eigenvalue weighted by Crippen LogP contribution is -2.36. The molecule has 0 saturated heterocycles. The molecule has 0 saturated carbocycles. The molecule has 0 amide bonds. The molecule has 0 fully saturated rings. The molecule has 2 heterocycles. The number of halogens is 1. The van der Waals surface area contributed by atoms with Crippen LogP contribution in [-0.4, -0.2) is 22.3 Å². The average molecular weight is 475 g/mol. The number of guanidine groups is 1. The maximum absolute atomic E-state index is 4.79. The third-order valence-corrected chi connectivity index (χ3v) is 5.17. The predicted octanol–water partition coefficient (Wildman–Crippen LogP) is 3.79. The fraction of sp³-hybridized carbons (Fsp3) is 0.556. The zero-order valence-corrected chi connectivity index (χ0v) is 19.0. The summed E-state index contributed by atoms with van der Waals surface area (Å²) in [4.78, 5) is 6.14. The summed E-state index contributed by atoms with van der Waals surface area (Å²) in [5.74, 6) is 0.859. The summed E-state index contributed by atoms with van der Waals surface area (Å²) in [5.41, 5.74) is 5.03. The van der Waals surface area contributed by atoms with Gasteiger partial charge in [-0.3, -0.25) is 4.68 Å². The lowest BCUT2D eigenvalue weighted by atomic mass is 10.1. The molecular formula is C18H30IN5S. The van der Waals surface area contributed by atoms with Crippen LogP contribution in [0.15, 0.2) is 16.4 Å². The molecule has 0 atom stereocenters. The molecule has 2 rings (SSSR count). The number of hydrogen-bond donors (Lipinski definition) is 2. The largest absolute Gasteiger partial charge is 0.357 e. The highest BCUT2D eigenvalue weighted by Gasteiger charge is 2.13. The van der Waals surface area contributed by atoms with Gasteiger partial charge in [0.2, 0.25) is 0 Å². The molecular weight excluding hydrogens is 445 g/mol. The van der Waals surface area contributed by atoms with Crippen LogP contribution in [0.5, 0.6) is 0 Å². The van der Waals surface area contributed by atoms with Gasteiger partial charge in [0.15, 0.2) is 5.96 Å². The van der Waals surface area contributed by atoms with Crippen molar-refractivity contribution >= 4 is 41.3 Å². The smallest absolute Gasteiger partial charge is 0.191 e. The van der Waals surface area contributed by atoms with E-state index >= 15 is 0 Å². The minimum atomic E-state index is 0. The van der Waals surface area contributed by atoms with Crippen molar-refractivity contribution in [3.63, 3.8) is 0 Å². The molecule has 140 valence electrons. The minimum Gasteiger partial charge on any atom is -0.357 e. The Labute approximate surface area is 172 Å². The SMILES string of the molecule is CCNC(=NCc1c(CC)nn(C)c1CC)NCc1sccc1C.I. The van der Waals surface area contributed by atoms with Gasteiger partial charge in [0.05, 0.1) is 18.8 Å². The van der Waals surface area contributed by atoms with E-state index in [1.807, 2.05) is 11.7 Å². The zero-order chi connectivity index (χ0) is 17.5. The first kappa shape index (κ1) is 22.0. The highest BCUT2D eigenvalue weighted by molar-refractivity contribution is 14.0. The molecule has 25 heavy (non-hydrogen) atoms. The van der Waals surface area contributed by atoms with E-state index in [1.54, 1.807) is 11.3 Å². The monoisotopic (exact) mass is 475 g/mol. The molecule has 2 N–H and O–H groups in total. The van der Waals surface area contributed by atoms with Crippen LogP contribution in [0.25, 0.3) is 0 Å². The molecule has 0 spiro atoms. The van der Waals surface area contributed by atoms with Crippen molar-refractivity contribution in [2.24, 2.45) is 12.0 Å². The normalized spacial score (nSPS) is 11.3. The summed E-state index contributed by atoms with van der Waals surface area (Å²) >= 11 is 1.78. The lowest BCUT2D eigenvalue weighted by Gasteiger charge is -2.11. The van der Waals surface area contributed by atoms with E-state index in [1.165, 1.54) is 21.7 Å². The molecule has 0 bridgehead atoms. The predicted molar refractivity (Wildman–Crippen MR) is 118 cm³/mol. The van der Waals surface area contributed by atoms with Gasteiger partial charge >= 0.3 is 0 Å².